The van der Waals surface area contributed by atoms with Gasteiger partial charge in [-0.15, -0.1) is 0 Å². The van der Waals surface area contributed by atoms with Gasteiger partial charge in [0.1, 0.15) is 0 Å². The Hall–Kier alpha value is -1.87. The first kappa shape index (κ1) is 12.8. The van der Waals surface area contributed by atoms with Crippen LogP contribution in [0.2, 0.25) is 0 Å². The standard InChI is InChI=1S/C18H15BrN2/c19-16-5-1-4-15-14(16)7-9-18(15)21-13-6-8-17-12(11-13)3-2-10-20-17/h1-6,8,10-11,18,21H,7,9H2. The van der Waals surface area contributed by atoms with Crippen molar-refractivity contribution in [3.05, 3.63) is 70.3 Å². The third-order valence-corrected chi connectivity index (χ3v) is 4.90. The Morgan fingerprint density at radius 1 is 1.10 bits per heavy atom. The van der Waals surface area contributed by atoms with Gasteiger partial charge in [0.2, 0.25) is 0 Å². The average molecular weight is 339 g/mol. The topological polar surface area (TPSA) is 24.9 Å². The van der Waals surface area contributed by atoms with Crippen molar-refractivity contribution in [2.75, 3.05) is 5.32 Å². The molecular weight excluding hydrogens is 324 g/mol. The first-order valence-corrected chi connectivity index (χ1v) is 7.99. The maximum absolute atomic E-state index is 4.37. The van der Waals surface area contributed by atoms with Gasteiger partial charge < -0.3 is 5.32 Å². The highest BCUT2D eigenvalue weighted by Gasteiger charge is 2.23. The molecular formula is C18H15BrN2. The summed E-state index contributed by atoms with van der Waals surface area (Å²) in [5, 5.41) is 4.84. The molecule has 1 atom stereocenters. The van der Waals surface area contributed by atoms with Crippen LogP contribution in [0.5, 0.6) is 0 Å². The van der Waals surface area contributed by atoms with Crippen LogP contribution >= 0.6 is 15.9 Å². The van der Waals surface area contributed by atoms with Gasteiger partial charge in [0, 0.05) is 21.7 Å². The number of rotatable bonds is 2. The van der Waals surface area contributed by atoms with E-state index in [1.165, 1.54) is 21.0 Å². The van der Waals surface area contributed by atoms with E-state index >= 15 is 0 Å². The van der Waals surface area contributed by atoms with Crippen LogP contribution in [0.4, 0.5) is 5.69 Å². The van der Waals surface area contributed by atoms with E-state index in [2.05, 4.69) is 68.7 Å². The first-order chi connectivity index (χ1) is 10.3. The maximum atomic E-state index is 4.37. The number of nitrogens with zero attached hydrogens (tertiary/aromatic N) is 1. The second-order valence-corrected chi connectivity index (χ2v) is 6.31. The number of hydrogen-bond acceptors (Lipinski definition) is 2. The lowest BCUT2D eigenvalue weighted by molar-refractivity contribution is 0.762. The summed E-state index contributed by atoms with van der Waals surface area (Å²) in [7, 11) is 0. The summed E-state index contributed by atoms with van der Waals surface area (Å²) in [6, 6.07) is 17.3. The van der Waals surface area contributed by atoms with Crippen molar-refractivity contribution in [1.29, 1.82) is 0 Å². The Balaban J connectivity index is 1.66. The summed E-state index contributed by atoms with van der Waals surface area (Å²) in [6.07, 6.45) is 4.10. The summed E-state index contributed by atoms with van der Waals surface area (Å²) in [5.41, 5.74) is 5.05. The van der Waals surface area contributed by atoms with Gasteiger partial charge in [-0.3, -0.25) is 4.98 Å². The van der Waals surface area contributed by atoms with Crippen LogP contribution in [0.1, 0.15) is 23.6 Å². The van der Waals surface area contributed by atoms with Gasteiger partial charge in [-0.1, -0.05) is 34.1 Å². The molecule has 0 aliphatic heterocycles. The Labute approximate surface area is 132 Å². The zero-order chi connectivity index (χ0) is 14.2. The van der Waals surface area contributed by atoms with Crippen LogP contribution in [0.3, 0.4) is 0 Å². The Bertz CT molecular complexity index is 813. The van der Waals surface area contributed by atoms with Crippen LogP contribution in [0.15, 0.2) is 59.2 Å². The number of nitrogens with one attached hydrogen (secondary N) is 1. The van der Waals surface area contributed by atoms with Crippen LogP contribution in [0, 0.1) is 0 Å². The van der Waals surface area contributed by atoms with Crippen molar-refractivity contribution in [3.8, 4) is 0 Å². The van der Waals surface area contributed by atoms with Crippen LogP contribution in [-0.4, -0.2) is 4.98 Å². The Kier molecular flexibility index (Phi) is 3.15. The molecule has 0 bridgehead atoms. The summed E-state index contributed by atoms with van der Waals surface area (Å²) >= 11 is 3.66. The summed E-state index contributed by atoms with van der Waals surface area (Å²) in [4.78, 5) is 4.37. The number of aromatic nitrogens is 1. The lowest BCUT2D eigenvalue weighted by Gasteiger charge is -2.16. The van der Waals surface area contributed by atoms with Crippen molar-refractivity contribution in [2.45, 2.75) is 18.9 Å². The van der Waals surface area contributed by atoms with Crippen molar-refractivity contribution < 1.29 is 0 Å². The predicted molar refractivity (Wildman–Crippen MR) is 90.6 cm³/mol. The molecule has 1 aliphatic carbocycles. The lowest BCUT2D eigenvalue weighted by atomic mass is 10.1. The van der Waals surface area contributed by atoms with E-state index in [9.17, 15) is 0 Å². The van der Waals surface area contributed by atoms with Crippen LogP contribution in [0.25, 0.3) is 10.9 Å². The Morgan fingerprint density at radius 3 is 3.00 bits per heavy atom. The van der Waals surface area contributed by atoms with Crippen LogP contribution in [-0.2, 0) is 6.42 Å². The van der Waals surface area contributed by atoms with Crippen molar-refractivity contribution in [3.63, 3.8) is 0 Å². The van der Waals surface area contributed by atoms with E-state index in [1.54, 1.807) is 0 Å². The number of fused-ring (bicyclic) bond motifs is 2. The van der Waals surface area contributed by atoms with Gasteiger partial charge in [-0.2, -0.15) is 0 Å². The highest BCUT2D eigenvalue weighted by atomic mass is 79.9. The van der Waals surface area contributed by atoms with E-state index in [1.807, 2.05) is 12.3 Å². The molecule has 1 heterocycles. The monoisotopic (exact) mass is 338 g/mol. The third-order valence-electron chi connectivity index (χ3n) is 4.16. The van der Waals surface area contributed by atoms with Gasteiger partial charge in [-0.25, -0.2) is 0 Å². The summed E-state index contributed by atoms with van der Waals surface area (Å²) in [6.45, 7) is 0. The predicted octanol–water partition coefficient (Wildman–Crippen LogP) is 5.10. The molecule has 0 saturated heterocycles. The molecule has 1 unspecified atom stereocenters. The van der Waals surface area contributed by atoms with Gasteiger partial charge in [0.25, 0.3) is 0 Å². The highest BCUT2D eigenvalue weighted by Crippen LogP contribution is 2.37. The number of pyridine rings is 1. The van der Waals surface area contributed by atoms with Gasteiger partial charge >= 0.3 is 0 Å². The SMILES string of the molecule is Brc1cccc2c1CCC2Nc1ccc2ncccc2c1. The van der Waals surface area contributed by atoms with Crippen molar-refractivity contribution >= 4 is 32.5 Å². The molecule has 1 aliphatic rings. The minimum absolute atomic E-state index is 0.395. The third kappa shape index (κ3) is 2.32. The molecule has 3 aromatic rings. The van der Waals surface area contributed by atoms with Crippen molar-refractivity contribution in [2.24, 2.45) is 0 Å². The molecule has 0 spiro atoms. The number of hydrogen-bond donors (Lipinski definition) is 1. The normalized spacial score (nSPS) is 16.9. The maximum Gasteiger partial charge on any atom is 0.0703 e. The van der Waals surface area contributed by atoms with Crippen LogP contribution < -0.4 is 5.32 Å². The van der Waals surface area contributed by atoms with E-state index in [0.29, 0.717) is 6.04 Å². The largest absolute Gasteiger partial charge is 0.378 e. The van der Waals surface area contributed by atoms with Gasteiger partial charge in [0.15, 0.2) is 0 Å². The minimum Gasteiger partial charge on any atom is -0.378 e. The summed E-state index contributed by atoms with van der Waals surface area (Å²) in [5.74, 6) is 0. The molecule has 1 N–H and O–H groups in total. The quantitative estimate of drug-likeness (QED) is 0.703. The fraction of sp³-hybridized carbons (Fsp3) is 0.167. The number of halogens is 1. The zero-order valence-corrected chi connectivity index (χ0v) is 13.1. The van der Waals surface area contributed by atoms with E-state index in [0.717, 1.165) is 24.0 Å². The molecule has 2 nitrogen and oxygen atoms in total. The zero-order valence-electron chi connectivity index (χ0n) is 11.5. The minimum atomic E-state index is 0.395. The molecule has 21 heavy (non-hydrogen) atoms. The molecule has 4 rings (SSSR count). The molecule has 104 valence electrons. The number of anilines is 1. The van der Waals surface area contributed by atoms with E-state index < -0.39 is 0 Å². The lowest BCUT2D eigenvalue weighted by Crippen LogP contribution is -2.06. The van der Waals surface area contributed by atoms with Crippen molar-refractivity contribution in [1.82, 2.24) is 4.98 Å². The van der Waals surface area contributed by atoms with E-state index in [4.69, 9.17) is 0 Å². The Morgan fingerprint density at radius 2 is 2.05 bits per heavy atom. The average Bonchev–Trinajstić information content (AvgIpc) is 2.92. The van der Waals surface area contributed by atoms with Gasteiger partial charge in [0.05, 0.1) is 11.6 Å². The second kappa shape index (κ2) is 5.15. The molecule has 0 radical (unpaired) electrons. The number of benzene rings is 2. The smallest absolute Gasteiger partial charge is 0.0703 e. The highest BCUT2D eigenvalue weighted by molar-refractivity contribution is 9.10. The molecule has 2 aromatic carbocycles. The molecule has 0 saturated carbocycles. The fourth-order valence-corrected chi connectivity index (χ4v) is 3.71. The fourth-order valence-electron chi connectivity index (χ4n) is 3.13. The first-order valence-electron chi connectivity index (χ1n) is 7.20. The molecule has 0 amide bonds. The molecule has 3 heteroatoms. The second-order valence-electron chi connectivity index (χ2n) is 5.45. The van der Waals surface area contributed by atoms with Gasteiger partial charge in [-0.05, 0) is 54.3 Å². The van der Waals surface area contributed by atoms with E-state index in [-0.39, 0.29) is 0 Å². The summed E-state index contributed by atoms with van der Waals surface area (Å²) < 4.78 is 1.23. The molecule has 1 aromatic heterocycles. The molecule has 0 fully saturated rings.